The Bertz CT molecular complexity index is 1170. The lowest BCUT2D eigenvalue weighted by Gasteiger charge is -2.46. The normalized spacial score (nSPS) is 24.5. The Kier molecular flexibility index (Phi) is 8.20. The first kappa shape index (κ1) is 28.7. The van der Waals surface area contributed by atoms with Crippen molar-refractivity contribution in [1.82, 2.24) is 31.1 Å². The minimum atomic E-state index is -2.54. The summed E-state index contributed by atoms with van der Waals surface area (Å²) < 4.78 is 15.9. The van der Waals surface area contributed by atoms with Crippen molar-refractivity contribution < 1.29 is 38.8 Å². The van der Waals surface area contributed by atoms with Crippen molar-refractivity contribution in [3.63, 3.8) is 0 Å². The maximum absolute atomic E-state index is 13.3. The van der Waals surface area contributed by atoms with Crippen molar-refractivity contribution in [1.29, 1.82) is 10.8 Å². The van der Waals surface area contributed by atoms with Crippen LogP contribution in [-0.2, 0) is 9.59 Å². The summed E-state index contributed by atoms with van der Waals surface area (Å²) in [5.41, 5.74) is 0.0921. The number of β-amino-alcohol motifs (C(OH)–C–C–N with tert-alkyl or cyclic N) is 2. The van der Waals surface area contributed by atoms with Crippen molar-refractivity contribution in [2.24, 2.45) is 0 Å². The molecular weight excluding hydrogens is 528 g/mol. The first-order valence-electron chi connectivity index (χ1n) is 12.5. The molecule has 3 saturated heterocycles. The topological polar surface area (TPSA) is 222 Å². The largest absolute Gasteiger partial charge is 0.493 e. The van der Waals surface area contributed by atoms with Gasteiger partial charge in [-0.25, -0.2) is 0 Å². The lowest BCUT2D eigenvalue weighted by atomic mass is 10.0. The fourth-order valence-electron chi connectivity index (χ4n) is 4.89. The van der Waals surface area contributed by atoms with Crippen LogP contribution >= 0.6 is 0 Å². The molecule has 0 aliphatic carbocycles. The molecule has 3 atom stereocenters. The Morgan fingerprint density at radius 1 is 1.05 bits per heavy atom. The highest BCUT2D eigenvalue weighted by Gasteiger charge is 2.43. The van der Waals surface area contributed by atoms with Crippen LogP contribution < -0.4 is 35.5 Å². The van der Waals surface area contributed by atoms with Crippen LogP contribution in [0.15, 0.2) is 12.1 Å². The molecule has 3 heterocycles. The first-order valence-corrected chi connectivity index (χ1v) is 12.5. The number of hydrogen-bond acceptors (Lipinski definition) is 10. The van der Waals surface area contributed by atoms with Crippen molar-refractivity contribution in [2.45, 2.75) is 36.8 Å². The average molecular weight is 563 g/mol. The molecule has 2 bridgehead atoms. The molecule has 1 aromatic rings. The molecule has 16 heteroatoms. The molecule has 4 rings (SSSR count). The Labute approximate surface area is 229 Å². The molecule has 16 nitrogen and oxygen atoms in total. The van der Waals surface area contributed by atoms with E-state index in [0.717, 1.165) is 4.90 Å². The first-order chi connectivity index (χ1) is 19.0. The Morgan fingerprint density at radius 3 is 2.25 bits per heavy atom. The standard InChI is InChI=1S/C24H34N8O8/c1-38-15-6-12(7-16(39-2)20(15)40-3)21(35)30-17-10-31-8-13(28-22(25)27-11-24(17,36)37)14(29-23(31)26)9-32-18(33)4-5-19(32)34/h6-7,13-14,17,36-37H,4-5,8-11H2,1-3H3,(H2,26,29)(H,30,35)(H3,25,27,28)/t13?,14-,17?/m0/s1. The average Bonchev–Trinajstić information content (AvgIpc) is 3.24. The summed E-state index contributed by atoms with van der Waals surface area (Å²) in [4.78, 5) is 40.3. The number of carbonyl (C=O) groups is 3. The smallest absolute Gasteiger partial charge is 0.252 e. The van der Waals surface area contributed by atoms with Gasteiger partial charge in [-0.1, -0.05) is 0 Å². The van der Waals surface area contributed by atoms with Gasteiger partial charge < -0.3 is 50.6 Å². The maximum atomic E-state index is 13.3. The number of fused-ring (bicyclic) bond motifs is 2. The zero-order valence-electron chi connectivity index (χ0n) is 22.4. The number of nitrogens with one attached hydrogen (secondary N) is 6. The number of imide groups is 1. The quantitative estimate of drug-likeness (QED) is 0.126. The summed E-state index contributed by atoms with van der Waals surface area (Å²) in [6.45, 7) is -0.627. The Hall–Kier alpha value is -4.31. The van der Waals surface area contributed by atoms with Gasteiger partial charge in [-0.05, 0) is 12.1 Å². The van der Waals surface area contributed by atoms with E-state index in [1.54, 1.807) is 0 Å². The van der Waals surface area contributed by atoms with Crippen LogP contribution in [0.5, 0.6) is 17.2 Å². The second kappa shape index (κ2) is 11.4. The fourth-order valence-corrected chi connectivity index (χ4v) is 4.89. The van der Waals surface area contributed by atoms with Gasteiger partial charge in [0.1, 0.15) is 6.04 Å². The summed E-state index contributed by atoms with van der Waals surface area (Å²) >= 11 is 0. The molecule has 0 aromatic heterocycles. The highest BCUT2D eigenvalue weighted by molar-refractivity contribution is 6.02. The number of amides is 3. The SMILES string of the molecule is COc1cc(C(=O)NC2CN3CC(NC(=N)NCC2(O)O)[C@H](CN2C(=O)CCC2=O)NC3=N)cc(OC)c1OC. The molecule has 3 amide bonds. The van der Waals surface area contributed by atoms with Gasteiger partial charge in [0, 0.05) is 31.5 Å². The van der Waals surface area contributed by atoms with Gasteiger partial charge in [0.2, 0.25) is 23.4 Å². The molecule has 3 aliphatic rings. The molecule has 40 heavy (non-hydrogen) atoms. The number of guanidine groups is 2. The van der Waals surface area contributed by atoms with E-state index in [-0.39, 0.29) is 79.0 Å². The van der Waals surface area contributed by atoms with Crippen LogP contribution in [0, 0.1) is 10.8 Å². The molecule has 3 aliphatic heterocycles. The second-order valence-electron chi connectivity index (χ2n) is 9.70. The van der Waals surface area contributed by atoms with Gasteiger partial charge in [0.25, 0.3) is 5.91 Å². The highest BCUT2D eigenvalue weighted by atomic mass is 16.5. The van der Waals surface area contributed by atoms with Gasteiger partial charge in [-0.2, -0.15) is 0 Å². The van der Waals surface area contributed by atoms with E-state index in [1.807, 2.05) is 0 Å². The van der Waals surface area contributed by atoms with Crippen molar-refractivity contribution in [2.75, 3.05) is 47.5 Å². The number of carbonyl (C=O) groups excluding carboxylic acids is 3. The molecule has 0 spiro atoms. The molecular formula is C24H34N8O8. The number of ether oxygens (including phenoxy) is 3. The molecule has 0 radical (unpaired) electrons. The number of likely N-dealkylation sites (tertiary alicyclic amines) is 1. The molecule has 0 saturated carbocycles. The third kappa shape index (κ3) is 5.81. The lowest BCUT2D eigenvalue weighted by Crippen LogP contribution is -2.72. The maximum Gasteiger partial charge on any atom is 0.252 e. The summed E-state index contributed by atoms with van der Waals surface area (Å²) in [7, 11) is 4.22. The van der Waals surface area contributed by atoms with Crippen LogP contribution in [-0.4, -0.2) is 121 Å². The van der Waals surface area contributed by atoms with E-state index >= 15 is 0 Å². The number of rotatable bonds is 7. The Morgan fingerprint density at radius 2 is 1.68 bits per heavy atom. The van der Waals surface area contributed by atoms with Crippen LogP contribution in [0.2, 0.25) is 0 Å². The third-order valence-corrected chi connectivity index (χ3v) is 7.12. The van der Waals surface area contributed by atoms with E-state index in [0.29, 0.717) is 0 Å². The number of aliphatic hydroxyl groups is 2. The zero-order valence-corrected chi connectivity index (χ0v) is 22.4. The van der Waals surface area contributed by atoms with E-state index in [4.69, 9.17) is 25.0 Å². The van der Waals surface area contributed by atoms with E-state index in [1.165, 1.54) is 38.4 Å². The van der Waals surface area contributed by atoms with Crippen LogP contribution in [0.4, 0.5) is 0 Å². The van der Waals surface area contributed by atoms with Crippen molar-refractivity contribution in [3.8, 4) is 17.2 Å². The van der Waals surface area contributed by atoms with Gasteiger partial charge in [0.15, 0.2) is 23.4 Å². The van der Waals surface area contributed by atoms with Gasteiger partial charge >= 0.3 is 0 Å². The fraction of sp³-hybridized carbons (Fsp3) is 0.542. The van der Waals surface area contributed by atoms with Crippen LogP contribution in [0.25, 0.3) is 0 Å². The molecule has 3 fully saturated rings. The molecule has 2 unspecified atom stereocenters. The highest BCUT2D eigenvalue weighted by Crippen LogP contribution is 2.38. The molecule has 218 valence electrons. The predicted molar refractivity (Wildman–Crippen MR) is 139 cm³/mol. The van der Waals surface area contributed by atoms with Gasteiger partial charge in [-0.15, -0.1) is 0 Å². The summed E-state index contributed by atoms with van der Waals surface area (Å²) in [6.07, 6.45) is 0.264. The Balaban J connectivity index is 1.57. The minimum absolute atomic E-state index is 0.00404. The van der Waals surface area contributed by atoms with Crippen LogP contribution in [0.1, 0.15) is 23.2 Å². The van der Waals surface area contributed by atoms with E-state index in [2.05, 4.69) is 21.3 Å². The summed E-state index contributed by atoms with van der Waals surface area (Å²) in [5.74, 6) is -3.43. The van der Waals surface area contributed by atoms with Crippen LogP contribution in [0.3, 0.4) is 0 Å². The van der Waals surface area contributed by atoms with E-state index in [9.17, 15) is 24.6 Å². The summed E-state index contributed by atoms with van der Waals surface area (Å²) in [5, 5.41) is 49.7. The van der Waals surface area contributed by atoms with Crippen molar-refractivity contribution >= 4 is 29.6 Å². The van der Waals surface area contributed by atoms with Gasteiger partial charge in [-0.3, -0.25) is 30.1 Å². The third-order valence-electron chi connectivity index (χ3n) is 7.12. The molecule has 8 N–H and O–H groups in total. The lowest BCUT2D eigenvalue weighted by molar-refractivity contribution is -0.178. The monoisotopic (exact) mass is 562 g/mol. The number of methoxy groups -OCH3 is 3. The van der Waals surface area contributed by atoms with Gasteiger partial charge in [0.05, 0.1) is 46.5 Å². The second-order valence-corrected chi connectivity index (χ2v) is 9.70. The number of hydrogen-bond donors (Lipinski definition) is 8. The number of benzene rings is 1. The van der Waals surface area contributed by atoms with Crippen molar-refractivity contribution in [3.05, 3.63) is 17.7 Å². The minimum Gasteiger partial charge on any atom is -0.493 e. The summed E-state index contributed by atoms with van der Waals surface area (Å²) in [6, 6.07) is 0.357. The molecule has 1 aromatic carbocycles. The van der Waals surface area contributed by atoms with E-state index < -0.39 is 36.4 Å². The zero-order chi connectivity index (χ0) is 29.2. The predicted octanol–water partition coefficient (Wildman–Crippen LogP) is -2.65. The number of nitrogens with zero attached hydrogens (tertiary/aromatic N) is 2.